The van der Waals surface area contributed by atoms with Crippen LogP contribution >= 0.6 is 22.9 Å². The third-order valence-electron chi connectivity index (χ3n) is 3.20. The maximum absolute atomic E-state index is 11.2. The molecule has 3 nitrogen and oxygen atoms in total. The summed E-state index contributed by atoms with van der Waals surface area (Å²) < 4.78 is 0. The first-order chi connectivity index (χ1) is 9.90. The van der Waals surface area contributed by atoms with E-state index in [-0.39, 0.29) is 5.56 Å². The maximum atomic E-state index is 11.2. The Labute approximate surface area is 132 Å². The van der Waals surface area contributed by atoms with Gasteiger partial charge >= 0.3 is 5.97 Å². The van der Waals surface area contributed by atoms with Crippen LogP contribution in [0.15, 0.2) is 23.6 Å². The van der Waals surface area contributed by atoms with Crippen LogP contribution in [-0.4, -0.2) is 11.1 Å². The molecule has 110 valence electrons. The third kappa shape index (κ3) is 3.46. The van der Waals surface area contributed by atoms with E-state index in [1.807, 2.05) is 18.2 Å². The van der Waals surface area contributed by atoms with Gasteiger partial charge in [-0.05, 0) is 23.1 Å². The molecule has 21 heavy (non-hydrogen) atoms. The van der Waals surface area contributed by atoms with Crippen molar-refractivity contribution in [2.24, 2.45) is 0 Å². The Morgan fingerprint density at radius 2 is 2.00 bits per heavy atom. The second kappa shape index (κ2) is 6.33. The Kier molecular flexibility index (Phi) is 4.70. The molecule has 0 atom stereocenters. The summed E-state index contributed by atoms with van der Waals surface area (Å²) in [5.74, 6) is -0.606. The molecule has 1 aromatic heterocycles. The fourth-order valence-electron chi connectivity index (χ4n) is 1.96. The summed E-state index contributed by atoms with van der Waals surface area (Å²) in [4.78, 5) is 11.2. The van der Waals surface area contributed by atoms with Crippen molar-refractivity contribution in [2.45, 2.75) is 19.8 Å². The summed E-state index contributed by atoms with van der Waals surface area (Å²) in [6.07, 6.45) is 3.53. The van der Waals surface area contributed by atoms with Crippen molar-refractivity contribution in [1.82, 2.24) is 0 Å². The number of anilines is 1. The lowest BCUT2D eigenvalue weighted by Gasteiger charge is -2.07. The number of hydrogen-bond donors (Lipinski definition) is 2. The lowest BCUT2D eigenvalue weighted by Crippen LogP contribution is -2.00. The van der Waals surface area contributed by atoms with Gasteiger partial charge in [0, 0.05) is 16.0 Å². The first-order valence-electron chi connectivity index (χ1n) is 6.48. The van der Waals surface area contributed by atoms with Crippen molar-refractivity contribution in [2.75, 3.05) is 5.73 Å². The largest absolute Gasteiger partial charge is 0.478 e. The molecular weight excluding hydrogens is 306 g/mol. The van der Waals surface area contributed by atoms with Crippen molar-refractivity contribution >= 4 is 46.1 Å². The standard InChI is InChI=1S/C16H16ClNO2S/c1-9(2)11-5-3-10(13(17)7-11)4-6-12-8-21-15(18)14(12)16(19)20/h3-9H,18H2,1-2H3,(H,19,20)/b6-4+. The van der Waals surface area contributed by atoms with Crippen molar-refractivity contribution in [1.29, 1.82) is 0 Å². The molecule has 0 saturated heterocycles. The Morgan fingerprint density at radius 3 is 2.57 bits per heavy atom. The van der Waals surface area contributed by atoms with Crippen LogP contribution in [0.4, 0.5) is 5.00 Å². The number of carboxylic acids is 1. The number of nitrogens with two attached hydrogens (primary N) is 1. The predicted molar refractivity (Wildman–Crippen MR) is 90.2 cm³/mol. The first-order valence-corrected chi connectivity index (χ1v) is 7.73. The topological polar surface area (TPSA) is 63.3 Å². The molecule has 0 aliphatic heterocycles. The van der Waals surface area contributed by atoms with Crippen molar-refractivity contribution in [3.63, 3.8) is 0 Å². The average Bonchev–Trinajstić information content (AvgIpc) is 2.78. The molecule has 0 spiro atoms. The van der Waals surface area contributed by atoms with Crippen molar-refractivity contribution in [3.8, 4) is 0 Å². The van der Waals surface area contributed by atoms with E-state index in [2.05, 4.69) is 13.8 Å². The van der Waals surface area contributed by atoms with Gasteiger partial charge in [0.2, 0.25) is 0 Å². The highest BCUT2D eigenvalue weighted by Gasteiger charge is 2.14. The normalized spacial score (nSPS) is 11.4. The zero-order valence-electron chi connectivity index (χ0n) is 11.8. The molecule has 5 heteroatoms. The molecule has 0 bridgehead atoms. The highest BCUT2D eigenvalue weighted by Crippen LogP contribution is 2.28. The van der Waals surface area contributed by atoms with Crippen LogP contribution < -0.4 is 5.73 Å². The molecule has 1 heterocycles. The van der Waals surface area contributed by atoms with Gasteiger partial charge < -0.3 is 10.8 Å². The van der Waals surface area contributed by atoms with Gasteiger partial charge in [0.25, 0.3) is 0 Å². The Morgan fingerprint density at radius 1 is 1.33 bits per heavy atom. The molecule has 0 fully saturated rings. The number of aromatic carboxylic acids is 1. The summed E-state index contributed by atoms with van der Waals surface area (Å²) >= 11 is 7.48. The minimum atomic E-state index is -1.02. The van der Waals surface area contributed by atoms with E-state index in [4.69, 9.17) is 22.4 Å². The summed E-state index contributed by atoms with van der Waals surface area (Å²) in [5.41, 5.74) is 8.43. The van der Waals surface area contributed by atoms with Crippen LogP contribution in [0.25, 0.3) is 12.2 Å². The maximum Gasteiger partial charge on any atom is 0.339 e. The number of rotatable bonds is 4. The van der Waals surface area contributed by atoms with Crippen LogP contribution in [0.3, 0.4) is 0 Å². The molecule has 1 aromatic carbocycles. The fraction of sp³-hybridized carbons (Fsp3) is 0.188. The van der Waals surface area contributed by atoms with Gasteiger partial charge in [0.1, 0.15) is 10.6 Å². The van der Waals surface area contributed by atoms with Gasteiger partial charge in [0.05, 0.1) is 0 Å². The molecule has 0 unspecified atom stereocenters. The number of halogens is 1. The van der Waals surface area contributed by atoms with Gasteiger partial charge in [-0.3, -0.25) is 0 Å². The molecule has 0 amide bonds. The van der Waals surface area contributed by atoms with Gasteiger partial charge in [-0.2, -0.15) is 0 Å². The second-order valence-electron chi connectivity index (χ2n) is 5.00. The molecule has 0 saturated carbocycles. The second-order valence-corrected chi connectivity index (χ2v) is 6.32. The zero-order chi connectivity index (χ0) is 15.6. The quantitative estimate of drug-likeness (QED) is 0.835. The number of carboxylic acid groups (broad SMARTS) is 1. The molecule has 2 aromatic rings. The van der Waals surface area contributed by atoms with Crippen LogP contribution in [0, 0.1) is 0 Å². The van der Waals surface area contributed by atoms with E-state index in [0.29, 0.717) is 21.5 Å². The average molecular weight is 322 g/mol. The molecular formula is C16H16ClNO2S. The monoisotopic (exact) mass is 321 g/mol. The zero-order valence-corrected chi connectivity index (χ0v) is 13.3. The number of benzene rings is 1. The summed E-state index contributed by atoms with van der Waals surface area (Å²) in [5, 5.41) is 11.8. The highest BCUT2D eigenvalue weighted by molar-refractivity contribution is 7.14. The third-order valence-corrected chi connectivity index (χ3v) is 4.35. The molecule has 3 N–H and O–H groups in total. The lowest BCUT2D eigenvalue weighted by atomic mass is 10.0. The minimum Gasteiger partial charge on any atom is -0.478 e. The number of carbonyl (C=O) groups is 1. The summed E-state index contributed by atoms with van der Waals surface area (Å²) in [6, 6.07) is 5.90. The lowest BCUT2D eigenvalue weighted by molar-refractivity contribution is 0.0698. The smallest absolute Gasteiger partial charge is 0.339 e. The van der Waals surface area contributed by atoms with Crippen LogP contribution in [-0.2, 0) is 0 Å². The molecule has 0 aliphatic rings. The molecule has 0 radical (unpaired) electrons. The molecule has 0 aliphatic carbocycles. The number of hydrogen-bond acceptors (Lipinski definition) is 3. The van der Waals surface area contributed by atoms with E-state index >= 15 is 0 Å². The van der Waals surface area contributed by atoms with Crippen LogP contribution in [0.5, 0.6) is 0 Å². The number of nitrogen functional groups attached to an aromatic ring is 1. The highest BCUT2D eigenvalue weighted by atomic mass is 35.5. The van der Waals surface area contributed by atoms with E-state index in [9.17, 15) is 4.79 Å². The van der Waals surface area contributed by atoms with Crippen LogP contribution in [0.2, 0.25) is 5.02 Å². The SMILES string of the molecule is CC(C)c1ccc(/C=C/c2csc(N)c2C(=O)O)c(Cl)c1. The van der Waals surface area contributed by atoms with Crippen LogP contribution in [0.1, 0.15) is 46.8 Å². The molecule has 2 rings (SSSR count). The van der Waals surface area contributed by atoms with Crippen molar-refractivity contribution in [3.05, 3.63) is 50.9 Å². The van der Waals surface area contributed by atoms with Crippen molar-refractivity contribution < 1.29 is 9.90 Å². The first kappa shape index (κ1) is 15.6. The fourth-order valence-corrected chi connectivity index (χ4v) is 2.98. The van der Waals surface area contributed by atoms with E-state index < -0.39 is 5.97 Å². The van der Waals surface area contributed by atoms with Gasteiger partial charge in [-0.15, -0.1) is 11.3 Å². The van der Waals surface area contributed by atoms with Gasteiger partial charge in [-0.25, -0.2) is 4.79 Å². The summed E-state index contributed by atoms with van der Waals surface area (Å²) in [6.45, 7) is 4.21. The Bertz CT molecular complexity index is 704. The van der Waals surface area contributed by atoms with E-state index in [0.717, 1.165) is 5.56 Å². The van der Waals surface area contributed by atoms with E-state index in [1.165, 1.54) is 16.9 Å². The van der Waals surface area contributed by atoms with E-state index in [1.54, 1.807) is 17.5 Å². The summed E-state index contributed by atoms with van der Waals surface area (Å²) in [7, 11) is 0. The Balaban J connectivity index is 2.32. The Hall–Kier alpha value is -1.78. The van der Waals surface area contributed by atoms with Gasteiger partial charge in [-0.1, -0.05) is 49.7 Å². The number of thiophene rings is 1. The minimum absolute atomic E-state index is 0.145. The predicted octanol–water partition coefficient (Wildman–Crippen LogP) is 4.98. The van der Waals surface area contributed by atoms with Gasteiger partial charge in [0.15, 0.2) is 0 Å².